The molecule has 0 aromatic heterocycles. The molecule has 1 heterocycles. The van der Waals surface area contributed by atoms with Gasteiger partial charge in [-0.15, -0.1) is 0 Å². The molecule has 1 aliphatic rings. The molecule has 1 N–H and O–H groups in total. The van der Waals surface area contributed by atoms with Crippen LogP contribution < -0.4 is 14.5 Å². The third kappa shape index (κ3) is 5.45. The number of carbonyl (C=O) groups is 2. The maximum atomic E-state index is 13.0. The quantitative estimate of drug-likeness (QED) is 0.497. The van der Waals surface area contributed by atoms with Crippen molar-refractivity contribution in [3.63, 3.8) is 0 Å². The lowest BCUT2D eigenvalue weighted by Crippen LogP contribution is -3.12. The number of carbonyl (C=O) groups excluding carboxylic acids is 2. The highest BCUT2D eigenvalue weighted by atomic mass is 16.5. The minimum absolute atomic E-state index is 0.128. The average Bonchev–Trinajstić information content (AvgIpc) is 3.03. The summed E-state index contributed by atoms with van der Waals surface area (Å²) >= 11 is 0. The molecule has 29 heavy (non-hydrogen) atoms. The molecule has 2 amide bonds. The number of anilines is 1. The molecule has 1 unspecified atom stereocenters. The predicted molar refractivity (Wildman–Crippen MR) is 114 cm³/mol. The third-order valence-corrected chi connectivity index (χ3v) is 5.43. The number of likely N-dealkylation sites (N-methyl/N-ethyl adjacent to an activating group) is 1. The van der Waals surface area contributed by atoms with Gasteiger partial charge in [0.1, 0.15) is 12.3 Å². The maximum Gasteiger partial charge on any atom is 0.292 e. The molecule has 1 fully saturated rings. The number of hydrogen-bond acceptors (Lipinski definition) is 3. The summed E-state index contributed by atoms with van der Waals surface area (Å²) in [5.41, 5.74) is 1.78. The molecule has 0 bridgehead atoms. The monoisotopic (exact) mass is 395 g/mol. The summed E-state index contributed by atoms with van der Waals surface area (Å²) in [5.74, 6) is 0.505. The molecule has 5 heteroatoms. The highest BCUT2D eigenvalue weighted by Crippen LogP contribution is 2.24. The fourth-order valence-corrected chi connectivity index (χ4v) is 3.74. The number of hydrogen-bond donors (Lipinski definition) is 1. The zero-order valence-corrected chi connectivity index (χ0v) is 17.4. The Labute approximate surface area is 173 Å². The van der Waals surface area contributed by atoms with E-state index >= 15 is 0 Å². The van der Waals surface area contributed by atoms with Crippen molar-refractivity contribution in [1.82, 2.24) is 0 Å². The van der Waals surface area contributed by atoms with E-state index in [1.54, 1.807) is 12.1 Å². The lowest BCUT2D eigenvalue weighted by Gasteiger charge is -2.20. The van der Waals surface area contributed by atoms with Crippen LogP contribution in [0.5, 0.6) is 5.75 Å². The first-order valence-electron chi connectivity index (χ1n) is 10.6. The fourth-order valence-electron chi connectivity index (χ4n) is 3.74. The fraction of sp³-hybridized carbons (Fsp3) is 0.417. The van der Waals surface area contributed by atoms with E-state index in [1.165, 1.54) is 24.2 Å². The number of unbranched alkanes of at least 4 members (excludes halogenated alkanes) is 3. The minimum Gasteiger partial charge on any atom is -0.494 e. The van der Waals surface area contributed by atoms with Crippen molar-refractivity contribution >= 4 is 17.5 Å². The smallest absolute Gasteiger partial charge is 0.292 e. The minimum atomic E-state index is -0.350. The van der Waals surface area contributed by atoms with Crippen LogP contribution in [0.2, 0.25) is 0 Å². The second-order valence-electron chi connectivity index (χ2n) is 7.74. The Balaban J connectivity index is 1.59. The summed E-state index contributed by atoms with van der Waals surface area (Å²) in [4.78, 5) is 27.9. The van der Waals surface area contributed by atoms with Crippen LogP contribution in [0.3, 0.4) is 0 Å². The Morgan fingerprint density at radius 2 is 1.72 bits per heavy atom. The normalized spacial score (nSPS) is 17.6. The van der Waals surface area contributed by atoms with Gasteiger partial charge in [0.15, 0.2) is 6.04 Å². The number of rotatable bonds is 10. The Morgan fingerprint density at radius 3 is 2.41 bits per heavy atom. The number of ether oxygens (including phenoxy) is 1. The largest absolute Gasteiger partial charge is 0.494 e. The van der Waals surface area contributed by atoms with Gasteiger partial charge in [-0.05, 0) is 30.7 Å². The highest BCUT2D eigenvalue weighted by Gasteiger charge is 2.44. The molecular weight excluding hydrogens is 364 g/mol. The molecular formula is C24H31N2O3+. The van der Waals surface area contributed by atoms with Crippen LogP contribution in [0.15, 0.2) is 54.6 Å². The number of imide groups is 1. The highest BCUT2D eigenvalue weighted by molar-refractivity contribution is 6.21. The zero-order valence-electron chi connectivity index (χ0n) is 17.4. The van der Waals surface area contributed by atoms with Crippen LogP contribution >= 0.6 is 0 Å². The molecule has 2 aromatic rings. The molecule has 1 saturated heterocycles. The van der Waals surface area contributed by atoms with E-state index in [-0.39, 0.29) is 24.3 Å². The third-order valence-electron chi connectivity index (χ3n) is 5.43. The van der Waals surface area contributed by atoms with Crippen LogP contribution in [0, 0.1) is 0 Å². The van der Waals surface area contributed by atoms with Gasteiger partial charge in [0.05, 0.1) is 25.8 Å². The number of quaternary nitrogens is 1. The van der Waals surface area contributed by atoms with Crippen molar-refractivity contribution in [2.45, 2.75) is 51.6 Å². The standard InChI is InChI=1S/C24H30N2O3/c1-3-4-5-9-16-29-21-14-12-20(13-15-21)26-23(27)17-22(24(26)28)25(2)18-19-10-7-6-8-11-19/h6-8,10-15,22H,3-5,9,16-18H2,1-2H3/p+1/t22-/m1/s1. The van der Waals surface area contributed by atoms with E-state index in [2.05, 4.69) is 6.92 Å². The van der Waals surface area contributed by atoms with Gasteiger partial charge in [-0.1, -0.05) is 56.5 Å². The van der Waals surface area contributed by atoms with E-state index in [0.29, 0.717) is 18.8 Å². The summed E-state index contributed by atoms with van der Waals surface area (Å²) in [5, 5.41) is 0. The molecule has 1 aliphatic heterocycles. The number of nitrogens with zero attached hydrogens (tertiary/aromatic N) is 1. The first kappa shape index (κ1) is 21.1. The van der Waals surface area contributed by atoms with Gasteiger partial charge in [-0.3, -0.25) is 9.59 Å². The molecule has 3 rings (SSSR count). The molecule has 0 spiro atoms. The Kier molecular flexibility index (Phi) is 7.42. The van der Waals surface area contributed by atoms with Crippen LogP contribution in [-0.4, -0.2) is 31.5 Å². The first-order chi connectivity index (χ1) is 14.1. The summed E-state index contributed by atoms with van der Waals surface area (Å²) < 4.78 is 5.76. The summed E-state index contributed by atoms with van der Waals surface area (Å²) in [6, 6.07) is 17.0. The molecule has 154 valence electrons. The van der Waals surface area contributed by atoms with Gasteiger partial charge >= 0.3 is 0 Å². The van der Waals surface area contributed by atoms with E-state index in [1.807, 2.05) is 49.5 Å². The first-order valence-corrected chi connectivity index (χ1v) is 10.6. The van der Waals surface area contributed by atoms with Gasteiger partial charge in [-0.25, -0.2) is 4.90 Å². The van der Waals surface area contributed by atoms with Gasteiger partial charge in [0.25, 0.3) is 5.91 Å². The van der Waals surface area contributed by atoms with Gasteiger partial charge in [0, 0.05) is 5.56 Å². The zero-order chi connectivity index (χ0) is 20.6. The summed E-state index contributed by atoms with van der Waals surface area (Å²) in [6.07, 6.45) is 4.88. The topological polar surface area (TPSA) is 51.0 Å². The second kappa shape index (κ2) is 10.2. The Bertz CT molecular complexity index is 805. The number of amides is 2. The van der Waals surface area contributed by atoms with Crippen molar-refractivity contribution < 1.29 is 19.2 Å². The maximum absolute atomic E-state index is 13.0. The Morgan fingerprint density at radius 1 is 1.00 bits per heavy atom. The van der Waals surface area contributed by atoms with Crippen molar-refractivity contribution in [3.05, 3.63) is 60.2 Å². The molecule has 2 atom stereocenters. The van der Waals surface area contributed by atoms with E-state index in [0.717, 1.165) is 22.6 Å². The molecule has 0 aliphatic carbocycles. The van der Waals surface area contributed by atoms with Crippen LogP contribution in [-0.2, 0) is 16.1 Å². The van der Waals surface area contributed by atoms with E-state index in [9.17, 15) is 9.59 Å². The van der Waals surface area contributed by atoms with E-state index in [4.69, 9.17) is 4.74 Å². The Hall–Kier alpha value is -2.66. The molecule has 0 saturated carbocycles. The second-order valence-corrected chi connectivity index (χ2v) is 7.74. The van der Waals surface area contributed by atoms with Crippen LogP contribution in [0.25, 0.3) is 0 Å². The molecule has 0 radical (unpaired) electrons. The van der Waals surface area contributed by atoms with Gasteiger partial charge in [0.2, 0.25) is 5.91 Å². The number of nitrogens with one attached hydrogen (secondary N) is 1. The van der Waals surface area contributed by atoms with Crippen LogP contribution in [0.4, 0.5) is 5.69 Å². The summed E-state index contributed by atoms with van der Waals surface area (Å²) in [6.45, 7) is 3.59. The van der Waals surface area contributed by atoms with Crippen molar-refractivity contribution in [2.24, 2.45) is 0 Å². The molecule has 2 aromatic carbocycles. The van der Waals surface area contributed by atoms with Gasteiger partial charge < -0.3 is 9.64 Å². The van der Waals surface area contributed by atoms with Crippen molar-refractivity contribution in [1.29, 1.82) is 0 Å². The van der Waals surface area contributed by atoms with E-state index < -0.39 is 0 Å². The lowest BCUT2D eigenvalue weighted by molar-refractivity contribution is -0.908. The SMILES string of the molecule is CCCCCCOc1ccc(N2C(=O)C[C@@H]([NH+](C)Cc3ccccc3)C2=O)cc1. The predicted octanol–water partition coefficient (Wildman–Crippen LogP) is 2.99. The summed E-state index contributed by atoms with van der Waals surface area (Å²) in [7, 11) is 1.97. The molecule has 5 nitrogen and oxygen atoms in total. The van der Waals surface area contributed by atoms with Gasteiger partial charge in [-0.2, -0.15) is 0 Å². The van der Waals surface area contributed by atoms with Crippen molar-refractivity contribution in [3.8, 4) is 5.75 Å². The lowest BCUT2D eigenvalue weighted by atomic mass is 10.1. The average molecular weight is 396 g/mol. The van der Waals surface area contributed by atoms with Crippen molar-refractivity contribution in [2.75, 3.05) is 18.6 Å². The van der Waals surface area contributed by atoms with Crippen LogP contribution in [0.1, 0.15) is 44.6 Å². The number of benzene rings is 2.